The summed E-state index contributed by atoms with van der Waals surface area (Å²) in [6.07, 6.45) is 11.5. The van der Waals surface area contributed by atoms with Gasteiger partial charge in [0.25, 0.3) is 0 Å². The first-order valence-electron chi connectivity index (χ1n) is 11.8. The highest BCUT2D eigenvalue weighted by Gasteiger charge is 2.58. The van der Waals surface area contributed by atoms with Gasteiger partial charge in [0.1, 0.15) is 5.69 Å². The first kappa shape index (κ1) is 19.5. The Kier molecular flexibility index (Phi) is 4.29. The number of benzene rings is 1. The Morgan fingerprint density at radius 1 is 1.06 bits per heavy atom. The fraction of sp³-hybridized carbons (Fsp3) is 0.583. The molecule has 3 saturated carbocycles. The number of aromatic nitrogens is 4. The number of halogens is 1. The van der Waals surface area contributed by atoms with Gasteiger partial charge >= 0.3 is 0 Å². The number of ether oxygens (including phenoxy) is 1. The van der Waals surface area contributed by atoms with Crippen molar-refractivity contribution in [3.8, 4) is 5.69 Å². The molecule has 8 heteroatoms. The number of hydrogen-bond donors (Lipinski definition) is 1. The van der Waals surface area contributed by atoms with Crippen LogP contribution in [0.3, 0.4) is 0 Å². The summed E-state index contributed by atoms with van der Waals surface area (Å²) in [6.45, 7) is 3.00. The summed E-state index contributed by atoms with van der Waals surface area (Å²) >= 11 is 6.75. The van der Waals surface area contributed by atoms with Crippen molar-refractivity contribution in [3.63, 3.8) is 0 Å². The molecule has 1 N–H and O–H groups in total. The molecule has 5 aliphatic rings. The monoisotopic (exact) mass is 453 g/mol. The Morgan fingerprint density at radius 3 is 2.56 bits per heavy atom. The second-order valence-electron chi connectivity index (χ2n) is 10.3. The first-order chi connectivity index (χ1) is 15.6. The number of fused-ring (bicyclic) bond motifs is 1. The van der Waals surface area contributed by atoms with Gasteiger partial charge in [0.05, 0.1) is 55.0 Å². The van der Waals surface area contributed by atoms with Crippen LogP contribution in [0.1, 0.15) is 43.6 Å². The maximum absolute atomic E-state index is 10.2. The number of piperidine rings is 1. The van der Waals surface area contributed by atoms with Gasteiger partial charge in [0, 0.05) is 10.4 Å². The number of aliphatic hydroxyl groups is 1. The van der Waals surface area contributed by atoms with Crippen LogP contribution >= 0.6 is 11.6 Å². The number of likely N-dealkylation sites (tertiary alicyclic amines) is 1. The second-order valence-corrected chi connectivity index (χ2v) is 10.7. The van der Waals surface area contributed by atoms with E-state index in [-0.39, 0.29) is 17.7 Å². The van der Waals surface area contributed by atoms with Crippen molar-refractivity contribution < 1.29 is 9.84 Å². The van der Waals surface area contributed by atoms with E-state index in [1.54, 1.807) is 0 Å². The summed E-state index contributed by atoms with van der Waals surface area (Å²) in [5, 5.41) is 21.4. The van der Waals surface area contributed by atoms with Crippen LogP contribution in [0.15, 0.2) is 30.7 Å². The van der Waals surface area contributed by atoms with Crippen LogP contribution in [0.2, 0.25) is 5.02 Å². The van der Waals surface area contributed by atoms with Crippen molar-refractivity contribution in [2.24, 2.45) is 5.92 Å². The van der Waals surface area contributed by atoms with Crippen LogP contribution < -0.4 is 0 Å². The molecule has 1 aromatic carbocycles. The Labute approximate surface area is 191 Å². The lowest BCUT2D eigenvalue weighted by molar-refractivity contribution is -0.0977. The lowest BCUT2D eigenvalue weighted by atomic mass is 9.50. The van der Waals surface area contributed by atoms with Gasteiger partial charge < -0.3 is 9.84 Å². The van der Waals surface area contributed by atoms with Crippen LogP contribution in [0.25, 0.3) is 16.6 Å². The first-order valence-corrected chi connectivity index (χ1v) is 12.2. The molecule has 2 aliphatic heterocycles. The molecular weight excluding hydrogens is 426 g/mol. The molecule has 0 amide bonds. The number of aliphatic hydroxyl groups excluding tert-OH is 1. The summed E-state index contributed by atoms with van der Waals surface area (Å²) in [7, 11) is 0. The van der Waals surface area contributed by atoms with E-state index in [0.29, 0.717) is 19.1 Å². The zero-order chi connectivity index (χ0) is 21.4. The van der Waals surface area contributed by atoms with E-state index in [2.05, 4.69) is 38.1 Å². The lowest BCUT2D eigenvalue weighted by Gasteiger charge is -2.61. The molecule has 168 valence electrons. The van der Waals surface area contributed by atoms with E-state index in [1.807, 2.05) is 17.1 Å². The van der Waals surface area contributed by atoms with Gasteiger partial charge in [-0.15, -0.1) is 0 Å². The van der Waals surface area contributed by atoms with Gasteiger partial charge in [-0.3, -0.25) is 9.58 Å². The molecule has 2 bridgehead atoms. The Morgan fingerprint density at radius 2 is 1.88 bits per heavy atom. The van der Waals surface area contributed by atoms with Gasteiger partial charge in [-0.05, 0) is 74.7 Å². The topological polar surface area (TPSA) is 68.3 Å². The molecule has 7 nitrogen and oxygen atoms in total. The molecule has 3 aromatic rings. The van der Waals surface area contributed by atoms with Gasteiger partial charge in [0.2, 0.25) is 0 Å². The molecule has 3 aliphatic carbocycles. The average Bonchev–Trinajstić information content (AvgIpc) is 3.45. The lowest BCUT2D eigenvalue weighted by Crippen LogP contribution is -2.59. The van der Waals surface area contributed by atoms with Crippen LogP contribution in [-0.4, -0.2) is 68.0 Å². The summed E-state index contributed by atoms with van der Waals surface area (Å²) in [5.41, 5.74) is 3.59. The van der Waals surface area contributed by atoms with E-state index >= 15 is 0 Å². The quantitative estimate of drug-likeness (QED) is 0.656. The number of rotatable bonds is 4. The Hall–Kier alpha value is -1.93. The minimum atomic E-state index is -0.368. The molecule has 4 heterocycles. The van der Waals surface area contributed by atoms with Crippen molar-refractivity contribution in [2.75, 3.05) is 26.3 Å². The van der Waals surface area contributed by atoms with E-state index in [0.717, 1.165) is 53.5 Å². The van der Waals surface area contributed by atoms with Gasteiger partial charge in [-0.2, -0.15) is 10.2 Å². The zero-order valence-electron chi connectivity index (χ0n) is 18.0. The smallest absolute Gasteiger partial charge is 0.103 e. The van der Waals surface area contributed by atoms with Crippen LogP contribution in [-0.2, 0) is 10.3 Å². The predicted molar refractivity (Wildman–Crippen MR) is 121 cm³/mol. The fourth-order valence-electron chi connectivity index (χ4n) is 6.40. The minimum Gasteiger partial charge on any atom is -0.389 e. The summed E-state index contributed by atoms with van der Waals surface area (Å²) in [4.78, 5) is 2.38. The highest BCUT2D eigenvalue weighted by atomic mass is 35.5. The van der Waals surface area contributed by atoms with Crippen LogP contribution in [0.5, 0.6) is 0 Å². The summed E-state index contributed by atoms with van der Waals surface area (Å²) < 4.78 is 9.63. The molecule has 0 radical (unpaired) electrons. The van der Waals surface area contributed by atoms with Gasteiger partial charge in [-0.25, -0.2) is 4.68 Å². The zero-order valence-corrected chi connectivity index (χ0v) is 18.8. The molecule has 8 rings (SSSR count). The van der Waals surface area contributed by atoms with E-state index in [9.17, 15) is 5.11 Å². The minimum absolute atomic E-state index is 0.132. The molecule has 2 aromatic heterocycles. The number of nitrogens with zero attached hydrogens (tertiary/aromatic N) is 5. The predicted octanol–water partition coefficient (Wildman–Crippen LogP) is 3.32. The van der Waals surface area contributed by atoms with Crippen molar-refractivity contribution in [1.29, 1.82) is 0 Å². The van der Waals surface area contributed by atoms with Crippen LogP contribution in [0.4, 0.5) is 0 Å². The normalized spacial score (nSPS) is 32.9. The highest BCUT2D eigenvalue weighted by Crippen LogP contribution is 2.62. The summed E-state index contributed by atoms with van der Waals surface area (Å²) in [5.74, 6) is 1.34. The van der Waals surface area contributed by atoms with Crippen molar-refractivity contribution in [2.45, 2.75) is 55.7 Å². The third-order valence-electron chi connectivity index (χ3n) is 8.45. The third kappa shape index (κ3) is 2.84. The average molecular weight is 454 g/mol. The number of hydrogen-bond acceptors (Lipinski definition) is 5. The second kappa shape index (κ2) is 7.03. The highest BCUT2D eigenvalue weighted by molar-refractivity contribution is 6.32. The van der Waals surface area contributed by atoms with Crippen molar-refractivity contribution >= 4 is 22.5 Å². The van der Waals surface area contributed by atoms with E-state index in [1.165, 1.54) is 24.8 Å². The molecule has 0 spiro atoms. The van der Waals surface area contributed by atoms with Crippen molar-refractivity contribution in [1.82, 2.24) is 24.5 Å². The molecular formula is C24H28ClN5O2. The van der Waals surface area contributed by atoms with Crippen LogP contribution in [0, 0.1) is 5.92 Å². The third-order valence-corrected chi connectivity index (χ3v) is 8.78. The molecule has 2 atom stereocenters. The molecule has 32 heavy (non-hydrogen) atoms. The molecule has 5 fully saturated rings. The molecule has 0 unspecified atom stereocenters. The maximum Gasteiger partial charge on any atom is 0.103 e. The van der Waals surface area contributed by atoms with Gasteiger partial charge in [-0.1, -0.05) is 11.6 Å². The maximum atomic E-state index is 10.2. The largest absolute Gasteiger partial charge is 0.389 e. The standard InChI is InChI=1S/C24H28ClN5O2/c25-20-5-17-10-27-30(18-11-26-29(12-18)24-7-15(8-24)9-24)21(17)6-19(20)16-1-3-28(4-2-16)22-13-32-14-23(22)31/h5-6,10-12,15-16,22-23,31H,1-4,7-9,13-14H2/t15?,22-,23-,24?/m0/s1. The van der Waals surface area contributed by atoms with E-state index in [4.69, 9.17) is 16.3 Å². The van der Waals surface area contributed by atoms with Gasteiger partial charge in [0.15, 0.2) is 0 Å². The fourth-order valence-corrected chi connectivity index (χ4v) is 6.73. The SMILES string of the molecule is O[C@H]1COC[C@@H]1N1CCC(c2cc3c(cnn3-c3cnn(C45CC(C4)C5)c3)cc2Cl)CC1. The van der Waals surface area contributed by atoms with E-state index < -0.39 is 0 Å². The summed E-state index contributed by atoms with van der Waals surface area (Å²) in [6, 6.07) is 4.42. The molecule has 2 saturated heterocycles. The van der Waals surface area contributed by atoms with Crippen molar-refractivity contribution in [3.05, 3.63) is 41.3 Å². The Balaban J connectivity index is 1.15. The Bertz CT molecular complexity index is 1160.